The van der Waals surface area contributed by atoms with Crippen LogP contribution in [0.3, 0.4) is 0 Å². The van der Waals surface area contributed by atoms with Crippen molar-refractivity contribution in [3.05, 3.63) is 62.9 Å². The van der Waals surface area contributed by atoms with Gasteiger partial charge in [0.15, 0.2) is 6.23 Å². The zero-order valence-electron chi connectivity index (χ0n) is 16.1. The molecule has 1 aromatic heterocycles. The molecule has 2 heterocycles. The largest absolute Gasteiger partial charge is 0.497 e. The summed E-state index contributed by atoms with van der Waals surface area (Å²) in [5.74, 6) is -0.221. The molecular weight excluding hydrogens is 400 g/mol. The van der Waals surface area contributed by atoms with Crippen LogP contribution in [0.2, 0.25) is 0 Å². The smallest absolute Gasteiger partial charge is 0.333 e. The zero-order chi connectivity index (χ0) is 21.8. The average molecular weight is 422 g/mol. The van der Waals surface area contributed by atoms with Gasteiger partial charge in [-0.2, -0.15) is 0 Å². The second-order valence-electron chi connectivity index (χ2n) is 6.62. The van der Waals surface area contributed by atoms with Gasteiger partial charge in [0.1, 0.15) is 18.0 Å². The van der Waals surface area contributed by atoms with Crippen LogP contribution in [0.1, 0.15) is 18.2 Å². The third-order valence-electron chi connectivity index (χ3n) is 4.63. The highest BCUT2D eigenvalue weighted by molar-refractivity contribution is 5.69. The minimum absolute atomic E-state index is 0.0389. The molecule has 1 aliphatic rings. The van der Waals surface area contributed by atoms with Crippen molar-refractivity contribution in [2.45, 2.75) is 37.7 Å². The zero-order valence-corrected chi connectivity index (χ0v) is 16.1. The van der Waals surface area contributed by atoms with E-state index in [1.54, 1.807) is 24.3 Å². The van der Waals surface area contributed by atoms with Crippen molar-refractivity contribution in [2.24, 2.45) is 0 Å². The molecule has 4 atom stereocenters. The summed E-state index contributed by atoms with van der Waals surface area (Å²) in [4.78, 5) is 36.6. The number of rotatable bonds is 7. The quantitative estimate of drug-likeness (QED) is 0.456. The van der Waals surface area contributed by atoms with Gasteiger partial charge >= 0.3 is 11.7 Å². The van der Waals surface area contributed by atoms with E-state index in [-0.39, 0.29) is 13.0 Å². The first-order chi connectivity index (χ1) is 14.3. The SMILES string of the molecule is COc1ccc(Cn2c(=O)ccn([C@@H]3OC(OC(=O)CCO)[C@@H](O)[C@H]3O)c2=O)cc1. The minimum Gasteiger partial charge on any atom is -0.497 e. The van der Waals surface area contributed by atoms with Crippen molar-refractivity contribution in [1.82, 2.24) is 9.13 Å². The molecule has 30 heavy (non-hydrogen) atoms. The third-order valence-corrected chi connectivity index (χ3v) is 4.63. The van der Waals surface area contributed by atoms with E-state index < -0.39 is 48.6 Å². The van der Waals surface area contributed by atoms with Gasteiger partial charge in [0, 0.05) is 12.3 Å². The van der Waals surface area contributed by atoms with Crippen LogP contribution in [0, 0.1) is 0 Å². The highest BCUT2D eigenvalue weighted by Gasteiger charge is 2.46. The number of benzene rings is 1. The standard InChI is InChI=1S/C19H22N2O9/c1-28-12-4-2-11(3-5-12)10-21-13(23)6-8-20(19(21)27)17-15(25)16(26)18(30-17)29-14(24)7-9-22/h2-6,8,15-18,22,25-26H,7,9-10H2,1H3/t15-,16+,17-,18?/m1/s1. The predicted octanol–water partition coefficient (Wildman–Crippen LogP) is -1.43. The number of aromatic nitrogens is 2. The van der Waals surface area contributed by atoms with Crippen molar-refractivity contribution in [2.75, 3.05) is 13.7 Å². The van der Waals surface area contributed by atoms with E-state index in [4.69, 9.17) is 19.3 Å². The van der Waals surface area contributed by atoms with Crippen LogP contribution in [-0.4, -0.2) is 62.6 Å². The Hall–Kier alpha value is -2.99. The number of hydrogen-bond acceptors (Lipinski definition) is 9. The van der Waals surface area contributed by atoms with Gasteiger partial charge in [-0.1, -0.05) is 12.1 Å². The van der Waals surface area contributed by atoms with Crippen LogP contribution in [0.4, 0.5) is 0 Å². The van der Waals surface area contributed by atoms with E-state index in [0.29, 0.717) is 11.3 Å². The average Bonchev–Trinajstić information content (AvgIpc) is 3.00. The van der Waals surface area contributed by atoms with Gasteiger partial charge < -0.3 is 29.5 Å². The highest BCUT2D eigenvalue weighted by atomic mass is 16.7. The first kappa shape index (κ1) is 21.7. The molecule has 0 saturated carbocycles. The number of carbonyl (C=O) groups excluding carboxylic acids is 1. The topological polar surface area (TPSA) is 149 Å². The molecule has 11 heteroatoms. The number of methoxy groups -OCH3 is 1. The maximum absolute atomic E-state index is 12.9. The first-order valence-corrected chi connectivity index (χ1v) is 9.12. The Labute approximate surface area is 170 Å². The van der Waals surface area contributed by atoms with Crippen molar-refractivity contribution in [3.63, 3.8) is 0 Å². The lowest BCUT2D eigenvalue weighted by Gasteiger charge is -2.18. The lowest BCUT2D eigenvalue weighted by Crippen LogP contribution is -2.43. The van der Waals surface area contributed by atoms with Crippen LogP contribution >= 0.6 is 0 Å². The fraction of sp³-hybridized carbons (Fsp3) is 0.421. The maximum Gasteiger partial charge on any atom is 0.333 e. The monoisotopic (exact) mass is 422 g/mol. The molecule has 2 aromatic rings. The third kappa shape index (κ3) is 4.44. The Bertz CT molecular complexity index is 998. The van der Waals surface area contributed by atoms with E-state index in [2.05, 4.69) is 0 Å². The normalized spacial score (nSPS) is 23.3. The van der Waals surface area contributed by atoms with Crippen LogP contribution in [0.15, 0.2) is 46.1 Å². The van der Waals surface area contributed by atoms with Gasteiger partial charge in [-0.05, 0) is 17.7 Å². The molecule has 1 aliphatic heterocycles. The second kappa shape index (κ2) is 9.22. The molecule has 1 aromatic carbocycles. The molecule has 1 saturated heterocycles. The summed E-state index contributed by atoms with van der Waals surface area (Å²) in [6.45, 7) is -0.494. The lowest BCUT2D eigenvalue weighted by atomic mass is 10.2. The van der Waals surface area contributed by atoms with Gasteiger partial charge in [0.25, 0.3) is 5.56 Å². The number of ether oxygens (including phenoxy) is 3. The summed E-state index contributed by atoms with van der Waals surface area (Å²) in [6, 6.07) is 7.89. The fourth-order valence-corrected chi connectivity index (χ4v) is 3.02. The summed E-state index contributed by atoms with van der Waals surface area (Å²) < 4.78 is 17.2. The van der Waals surface area contributed by atoms with E-state index in [1.165, 1.54) is 7.11 Å². The van der Waals surface area contributed by atoms with E-state index in [1.807, 2.05) is 0 Å². The molecule has 162 valence electrons. The maximum atomic E-state index is 12.9. The number of hydrogen-bond donors (Lipinski definition) is 3. The van der Waals surface area contributed by atoms with Crippen molar-refractivity contribution < 1.29 is 34.3 Å². The van der Waals surface area contributed by atoms with Crippen molar-refractivity contribution in [1.29, 1.82) is 0 Å². The van der Waals surface area contributed by atoms with Gasteiger partial charge in [0.05, 0.1) is 26.7 Å². The molecule has 0 radical (unpaired) electrons. The Morgan fingerprint density at radius 3 is 2.47 bits per heavy atom. The van der Waals surface area contributed by atoms with Gasteiger partial charge in [-0.15, -0.1) is 0 Å². The Kier molecular flexibility index (Phi) is 6.67. The summed E-state index contributed by atoms with van der Waals surface area (Å²) in [5.41, 5.74) is -0.681. The van der Waals surface area contributed by atoms with Crippen LogP contribution in [0.5, 0.6) is 5.75 Å². The Morgan fingerprint density at radius 2 is 1.83 bits per heavy atom. The van der Waals surface area contributed by atoms with Gasteiger partial charge in [0.2, 0.25) is 6.29 Å². The number of esters is 1. The first-order valence-electron chi connectivity index (χ1n) is 9.12. The Morgan fingerprint density at radius 1 is 1.13 bits per heavy atom. The van der Waals surface area contributed by atoms with Crippen LogP contribution in [0.25, 0.3) is 0 Å². The van der Waals surface area contributed by atoms with Crippen LogP contribution < -0.4 is 16.0 Å². The molecule has 0 spiro atoms. The van der Waals surface area contributed by atoms with E-state index >= 15 is 0 Å². The van der Waals surface area contributed by atoms with E-state index in [9.17, 15) is 24.6 Å². The molecule has 0 bridgehead atoms. The number of carbonyl (C=O) groups is 1. The lowest BCUT2D eigenvalue weighted by molar-refractivity contribution is -0.194. The van der Waals surface area contributed by atoms with Gasteiger partial charge in [-0.25, -0.2) is 4.79 Å². The molecule has 0 aliphatic carbocycles. The van der Waals surface area contributed by atoms with Crippen LogP contribution in [-0.2, 0) is 20.8 Å². The molecule has 3 N–H and O–H groups in total. The van der Waals surface area contributed by atoms with E-state index in [0.717, 1.165) is 21.4 Å². The molecule has 1 fully saturated rings. The molecule has 0 amide bonds. The molecule has 1 unspecified atom stereocenters. The summed E-state index contributed by atoms with van der Waals surface area (Å²) in [5, 5.41) is 29.1. The van der Waals surface area contributed by atoms with Crippen molar-refractivity contribution >= 4 is 5.97 Å². The van der Waals surface area contributed by atoms with Crippen molar-refractivity contribution in [3.8, 4) is 5.75 Å². The Balaban J connectivity index is 1.86. The number of aliphatic hydroxyl groups is 3. The number of aliphatic hydroxyl groups excluding tert-OH is 3. The second-order valence-corrected chi connectivity index (χ2v) is 6.62. The summed E-state index contributed by atoms with van der Waals surface area (Å²) >= 11 is 0. The summed E-state index contributed by atoms with van der Waals surface area (Å²) in [6.07, 6.45) is -5.32. The molecule has 11 nitrogen and oxygen atoms in total. The summed E-state index contributed by atoms with van der Waals surface area (Å²) in [7, 11) is 1.52. The highest BCUT2D eigenvalue weighted by Crippen LogP contribution is 2.29. The number of nitrogens with zero attached hydrogens (tertiary/aromatic N) is 2. The predicted molar refractivity (Wildman–Crippen MR) is 101 cm³/mol. The molecular formula is C19H22N2O9. The molecule has 3 rings (SSSR count). The fourth-order valence-electron chi connectivity index (χ4n) is 3.02. The minimum atomic E-state index is -1.62. The van der Waals surface area contributed by atoms with Gasteiger partial charge in [-0.3, -0.25) is 18.7 Å².